The van der Waals surface area contributed by atoms with Crippen LogP contribution in [0.25, 0.3) is 11.1 Å². The number of benzene rings is 1. The van der Waals surface area contributed by atoms with Crippen LogP contribution in [0.15, 0.2) is 22.6 Å². The Balaban J connectivity index is 0.00000121. The van der Waals surface area contributed by atoms with Gasteiger partial charge in [0.15, 0.2) is 5.58 Å². The lowest BCUT2D eigenvalue weighted by atomic mass is 10.1. The molecule has 0 atom stereocenters. The van der Waals surface area contributed by atoms with E-state index in [0.29, 0.717) is 6.04 Å². The van der Waals surface area contributed by atoms with Gasteiger partial charge in [0.2, 0.25) is 0 Å². The Labute approximate surface area is 125 Å². The summed E-state index contributed by atoms with van der Waals surface area (Å²) in [6.45, 7) is 6.71. The van der Waals surface area contributed by atoms with Crippen LogP contribution in [0.5, 0.6) is 0 Å². The minimum Gasteiger partial charge on any atom is -0.423 e. The first kappa shape index (κ1) is 13.7. The van der Waals surface area contributed by atoms with Gasteiger partial charge in [-0.2, -0.15) is 4.98 Å². The van der Waals surface area contributed by atoms with E-state index in [9.17, 15) is 0 Å². The summed E-state index contributed by atoms with van der Waals surface area (Å²) in [6, 6.07) is 7.63. The zero-order valence-electron chi connectivity index (χ0n) is 11.7. The SMILES string of the molecule is Cc1ccc2oc(N3CCN4CCC3CC4)nc2c1.Cl. The van der Waals surface area contributed by atoms with Crippen molar-refractivity contribution in [2.45, 2.75) is 25.8 Å². The summed E-state index contributed by atoms with van der Waals surface area (Å²) in [7, 11) is 0. The lowest BCUT2D eigenvalue weighted by molar-refractivity contribution is 0.249. The molecule has 108 valence electrons. The molecule has 0 unspecified atom stereocenters. The van der Waals surface area contributed by atoms with Gasteiger partial charge in [0, 0.05) is 32.2 Å². The molecule has 1 aromatic heterocycles. The van der Waals surface area contributed by atoms with E-state index in [1.807, 2.05) is 6.07 Å². The number of rotatable bonds is 1. The van der Waals surface area contributed by atoms with Crippen molar-refractivity contribution in [2.24, 2.45) is 0 Å². The van der Waals surface area contributed by atoms with Crippen LogP contribution in [0, 0.1) is 6.92 Å². The van der Waals surface area contributed by atoms with Gasteiger partial charge < -0.3 is 14.2 Å². The summed E-state index contributed by atoms with van der Waals surface area (Å²) in [5, 5.41) is 0. The third-order valence-corrected chi connectivity index (χ3v) is 4.43. The van der Waals surface area contributed by atoms with Gasteiger partial charge >= 0.3 is 0 Å². The van der Waals surface area contributed by atoms with Crippen LogP contribution in [0.1, 0.15) is 18.4 Å². The maximum atomic E-state index is 5.96. The van der Waals surface area contributed by atoms with Crippen LogP contribution in [0.2, 0.25) is 0 Å². The van der Waals surface area contributed by atoms with Crippen molar-refractivity contribution in [1.82, 2.24) is 9.88 Å². The largest absolute Gasteiger partial charge is 0.423 e. The van der Waals surface area contributed by atoms with Crippen LogP contribution in [0.3, 0.4) is 0 Å². The molecule has 0 N–H and O–H groups in total. The molecular weight excluding hydrogens is 274 g/mol. The Kier molecular flexibility index (Phi) is 3.61. The van der Waals surface area contributed by atoms with E-state index >= 15 is 0 Å². The molecule has 0 aliphatic carbocycles. The fraction of sp³-hybridized carbons (Fsp3) is 0.533. The molecule has 3 aliphatic rings. The first-order valence-electron chi connectivity index (χ1n) is 7.16. The van der Waals surface area contributed by atoms with Gasteiger partial charge in [-0.15, -0.1) is 12.4 Å². The highest BCUT2D eigenvalue weighted by Crippen LogP contribution is 2.29. The number of fused-ring (bicyclic) bond motifs is 5. The summed E-state index contributed by atoms with van der Waals surface area (Å²) < 4.78 is 5.96. The summed E-state index contributed by atoms with van der Waals surface area (Å²) in [6.07, 6.45) is 2.47. The van der Waals surface area contributed by atoms with Crippen LogP contribution < -0.4 is 4.90 Å². The standard InChI is InChI=1S/C15H19N3O.ClH/c1-11-2-3-14-13(10-11)16-15(19-14)18-9-8-17-6-4-12(18)5-7-17;/h2-3,10,12H,4-9H2,1H3;1H. The molecule has 4 heterocycles. The number of nitrogens with zero attached hydrogens (tertiary/aromatic N) is 3. The predicted molar refractivity (Wildman–Crippen MR) is 82.8 cm³/mol. The average molecular weight is 294 g/mol. The van der Waals surface area contributed by atoms with Gasteiger partial charge in [-0.05, 0) is 37.5 Å². The molecule has 0 saturated carbocycles. The van der Waals surface area contributed by atoms with E-state index in [4.69, 9.17) is 9.40 Å². The quantitative estimate of drug-likeness (QED) is 0.809. The van der Waals surface area contributed by atoms with E-state index in [0.717, 1.165) is 30.2 Å². The maximum Gasteiger partial charge on any atom is 0.298 e. The van der Waals surface area contributed by atoms with Crippen molar-refractivity contribution in [3.63, 3.8) is 0 Å². The highest BCUT2D eigenvalue weighted by Gasteiger charge is 2.31. The van der Waals surface area contributed by atoms with Crippen molar-refractivity contribution in [3.05, 3.63) is 23.8 Å². The van der Waals surface area contributed by atoms with Gasteiger partial charge in [-0.3, -0.25) is 0 Å². The minimum absolute atomic E-state index is 0. The molecule has 1 aromatic carbocycles. The number of aryl methyl sites for hydroxylation is 1. The first-order chi connectivity index (χ1) is 9.29. The second kappa shape index (κ2) is 5.26. The summed E-state index contributed by atoms with van der Waals surface area (Å²) in [4.78, 5) is 9.62. The smallest absolute Gasteiger partial charge is 0.298 e. The van der Waals surface area contributed by atoms with Crippen LogP contribution in [-0.4, -0.2) is 42.1 Å². The molecule has 2 aromatic rings. The van der Waals surface area contributed by atoms with Crippen molar-refractivity contribution in [3.8, 4) is 0 Å². The van der Waals surface area contributed by atoms with Crippen LogP contribution in [0.4, 0.5) is 6.01 Å². The number of oxazole rings is 1. The molecule has 5 rings (SSSR count). The Morgan fingerprint density at radius 1 is 1.15 bits per heavy atom. The van der Waals surface area contributed by atoms with Crippen molar-refractivity contribution >= 4 is 29.5 Å². The predicted octanol–water partition coefficient (Wildman–Crippen LogP) is 2.84. The van der Waals surface area contributed by atoms with E-state index < -0.39 is 0 Å². The number of aromatic nitrogens is 1. The molecule has 0 amide bonds. The minimum atomic E-state index is 0. The summed E-state index contributed by atoms with van der Waals surface area (Å²) >= 11 is 0. The Morgan fingerprint density at radius 2 is 1.95 bits per heavy atom. The Hall–Kier alpha value is -1.26. The van der Waals surface area contributed by atoms with E-state index in [-0.39, 0.29) is 12.4 Å². The molecule has 5 heteroatoms. The molecule has 4 nitrogen and oxygen atoms in total. The number of piperidine rings is 1. The fourth-order valence-electron chi connectivity index (χ4n) is 3.29. The van der Waals surface area contributed by atoms with Crippen LogP contribution >= 0.6 is 12.4 Å². The van der Waals surface area contributed by atoms with Crippen LogP contribution in [-0.2, 0) is 0 Å². The third kappa shape index (κ3) is 2.27. The Bertz CT molecular complexity index is 604. The van der Waals surface area contributed by atoms with Gasteiger partial charge in [-0.1, -0.05) is 6.07 Å². The number of hydrogen-bond donors (Lipinski definition) is 0. The molecular formula is C15H20ClN3O. The normalized spacial score (nSPS) is 25.6. The first-order valence-corrected chi connectivity index (χ1v) is 7.16. The molecule has 3 aliphatic heterocycles. The molecule has 3 saturated heterocycles. The Morgan fingerprint density at radius 3 is 2.75 bits per heavy atom. The molecule has 3 fully saturated rings. The van der Waals surface area contributed by atoms with Gasteiger partial charge in [0.25, 0.3) is 6.01 Å². The lowest BCUT2D eigenvalue weighted by Crippen LogP contribution is -2.38. The van der Waals surface area contributed by atoms with E-state index in [1.54, 1.807) is 0 Å². The van der Waals surface area contributed by atoms with E-state index in [2.05, 4.69) is 28.9 Å². The van der Waals surface area contributed by atoms with Crippen molar-refractivity contribution in [1.29, 1.82) is 0 Å². The number of halogens is 1. The van der Waals surface area contributed by atoms with E-state index in [1.165, 1.54) is 31.5 Å². The zero-order chi connectivity index (χ0) is 12.8. The number of hydrogen-bond acceptors (Lipinski definition) is 4. The lowest BCUT2D eigenvalue weighted by Gasteiger charge is -2.30. The second-order valence-electron chi connectivity index (χ2n) is 5.73. The van der Waals surface area contributed by atoms with Gasteiger partial charge in [-0.25, -0.2) is 0 Å². The second-order valence-corrected chi connectivity index (χ2v) is 5.73. The summed E-state index contributed by atoms with van der Waals surface area (Å²) in [5.74, 6) is 0. The maximum absolute atomic E-state index is 5.96. The molecule has 0 radical (unpaired) electrons. The summed E-state index contributed by atoms with van der Waals surface area (Å²) in [5.41, 5.74) is 3.11. The zero-order valence-corrected chi connectivity index (χ0v) is 12.5. The average Bonchev–Trinajstić information content (AvgIpc) is 2.61. The molecule has 0 spiro atoms. The molecule has 20 heavy (non-hydrogen) atoms. The topological polar surface area (TPSA) is 32.5 Å². The highest BCUT2D eigenvalue weighted by atomic mass is 35.5. The van der Waals surface area contributed by atoms with Gasteiger partial charge in [0.1, 0.15) is 5.52 Å². The van der Waals surface area contributed by atoms with Gasteiger partial charge in [0.05, 0.1) is 0 Å². The van der Waals surface area contributed by atoms with Crippen molar-refractivity contribution < 1.29 is 4.42 Å². The molecule has 2 bridgehead atoms. The third-order valence-electron chi connectivity index (χ3n) is 4.43. The monoisotopic (exact) mass is 293 g/mol. The highest BCUT2D eigenvalue weighted by molar-refractivity contribution is 5.85. The fourth-order valence-corrected chi connectivity index (χ4v) is 3.29. The van der Waals surface area contributed by atoms with Crippen molar-refractivity contribution in [2.75, 3.05) is 31.1 Å². The number of anilines is 1.